The van der Waals surface area contributed by atoms with Gasteiger partial charge in [0.25, 0.3) is 0 Å². The van der Waals surface area contributed by atoms with Crippen LogP contribution in [0, 0.1) is 11.8 Å². The maximum Gasteiger partial charge on any atom is 0.232 e. The number of hydrazine groups is 1. The highest BCUT2D eigenvalue weighted by Gasteiger charge is 2.46. The van der Waals surface area contributed by atoms with Crippen molar-refractivity contribution in [2.75, 3.05) is 11.9 Å². The zero-order chi connectivity index (χ0) is 15.8. The van der Waals surface area contributed by atoms with E-state index in [1.165, 1.54) is 12.8 Å². The summed E-state index contributed by atoms with van der Waals surface area (Å²) in [5.41, 5.74) is 6.61. The average Bonchev–Trinajstić information content (AvgIpc) is 3.26. The predicted molar refractivity (Wildman–Crippen MR) is 82.8 cm³/mol. The third kappa shape index (κ3) is 2.72. The van der Waals surface area contributed by atoms with Gasteiger partial charge >= 0.3 is 0 Å². The van der Waals surface area contributed by atoms with Gasteiger partial charge in [-0.2, -0.15) is 0 Å². The number of anilines is 1. The summed E-state index contributed by atoms with van der Waals surface area (Å²) in [6.45, 7) is 0.466. The molecule has 8 nitrogen and oxygen atoms in total. The molecule has 1 aromatic rings. The fraction of sp³-hybridized carbons (Fsp3) is 0.667. The van der Waals surface area contributed by atoms with Crippen LogP contribution in [0.25, 0.3) is 0 Å². The SMILES string of the molecule is O=C(Nc1ncc[nH]1)C1CC(=O)N(C2NNC3CCCCC32)C1. The van der Waals surface area contributed by atoms with Crippen molar-refractivity contribution >= 4 is 17.8 Å². The summed E-state index contributed by atoms with van der Waals surface area (Å²) in [7, 11) is 0. The Hall–Kier alpha value is -1.93. The van der Waals surface area contributed by atoms with Gasteiger partial charge in [-0.15, -0.1) is 0 Å². The first-order valence-corrected chi connectivity index (χ1v) is 8.33. The molecule has 3 heterocycles. The number of likely N-dealkylation sites (tertiary alicyclic amines) is 1. The largest absolute Gasteiger partial charge is 0.331 e. The van der Waals surface area contributed by atoms with Gasteiger partial charge in [0, 0.05) is 37.3 Å². The van der Waals surface area contributed by atoms with E-state index in [2.05, 4.69) is 26.1 Å². The van der Waals surface area contributed by atoms with Gasteiger partial charge < -0.3 is 9.88 Å². The van der Waals surface area contributed by atoms with Crippen LogP contribution in [0.2, 0.25) is 0 Å². The standard InChI is InChI=1S/C15H22N6O2/c22-12-7-9(14(23)18-15-16-5-6-17-15)8-21(12)13-10-3-1-2-4-11(10)19-20-13/h5-6,9-11,13,19-20H,1-4,7-8H2,(H2,16,17,18,23). The molecule has 4 N–H and O–H groups in total. The van der Waals surface area contributed by atoms with Gasteiger partial charge in [-0.1, -0.05) is 12.8 Å². The van der Waals surface area contributed by atoms with E-state index in [0.29, 0.717) is 24.5 Å². The quantitative estimate of drug-likeness (QED) is 0.637. The van der Waals surface area contributed by atoms with Crippen molar-refractivity contribution in [3.05, 3.63) is 12.4 Å². The molecule has 124 valence electrons. The zero-order valence-corrected chi connectivity index (χ0v) is 12.9. The second-order valence-corrected chi connectivity index (χ2v) is 6.66. The lowest BCUT2D eigenvalue weighted by molar-refractivity contribution is -0.131. The van der Waals surface area contributed by atoms with Crippen molar-refractivity contribution in [2.45, 2.75) is 44.3 Å². The van der Waals surface area contributed by atoms with E-state index in [1.54, 1.807) is 12.4 Å². The molecular weight excluding hydrogens is 296 g/mol. The molecule has 4 atom stereocenters. The lowest BCUT2D eigenvalue weighted by Crippen LogP contribution is -2.48. The van der Waals surface area contributed by atoms with Crippen LogP contribution < -0.4 is 16.2 Å². The molecule has 1 saturated carbocycles. The number of H-pyrrole nitrogens is 1. The van der Waals surface area contributed by atoms with Crippen molar-refractivity contribution in [1.82, 2.24) is 25.7 Å². The lowest BCUT2D eigenvalue weighted by Gasteiger charge is -2.32. The Morgan fingerprint density at radius 1 is 1.30 bits per heavy atom. The summed E-state index contributed by atoms with van der Waals surface area (Å²) in [6, 6.07) is 0.442. The molecule has 4 unspecified atom stereocenters. The van der Waals surface area contributed by atoms with E-state index in [9.17, 15) is 9.59 Å². The molecule has 2 amide bonds. The van der Waals surface area contributed by atoms with E-state index in [-0.39, 0.29) is 30.3 Å². The maximum absolute atomic E-state index is 12.4. The Morgan fingerprint density at radius 3 is 3.00 bits per heavy atom. The van der Waals surface area contributed by atoms with E-state index >= 15 is 0 Å². The first-order chi connectivity index (χ1) is 11.2. The highest BCUT2D eigenvalue weighted by Crippen LogP contribution is 2.34. The molecular formula is C15H22N6O2. The number of fused-ring (bicyclic) bond motifs is 1. The number of aromatic amines is 1. The Labute approximate surface area is 134 Å². The van der Waals surface area contributed by atoms with Crippen LogP contribution in [0.4, 0.5) is 5.95 Å². The van der Waals surface area contributed by atoms with E-state index in [0.717, 1.165) is 12.8 Å². The molecule has 0 aromatic carbocycles. The summed E-state index contributed by atoms with van der Waals surface area (Å²) in [6.07, 6.45) is 8.24. The van der Waals surface area contributed by atoms with Gasteiger partial charge in [-0.05, 0) is 12.8 Å². The molecule has 3 fully saturated rings. The van der Waals surface area contributed by atoms with Crippen LogP contribution in [0.5, 0.6) is 0 Å². The number of aromatic nitrogens is 2. The number of carbonyl (C=O) groups is 2. The maximum atomic E-state index is 12.4. The van der Waals surface area contributed by atoms with Crippen molar-refractivity contribution in [1.29, 1.82) is 0 Å². The minimum absolute atomic E-state index is 0.00853. The summed E-state index contributed by atoms with van der Waals surface area (Å²) in [5, 5.41) is 2.73. The number of amides is 2. The first kappa shape index (κ1) is 14.6. The third-order valence-electron chi connectivity index (χ3n) is 5.25. The van der Waals surface area contributed by atoms with Crippen LogP contribution in [0.1, 0.15) is 32.1 Å². The van der Waals surface area contributed by atoms with Gasteiger partial charge in [0.1, 0.15) is 0 Å². The highest BCUT2D eigenvalue weighted by molar-refractivity contribution is 5.96. The predicted octanol–water partition coefficient (Wildman–Crippen LogP) is 0.189. The second-order valence-electron chi connectivity index (χ2n) is 6.66. The molecule has 3 aliphatic rings. The number of hydrogen-bond acceptors (Lipinski definition) is 5. The van der Waals surface area contributed by atoms with Crippen LogP contribution in [-0.2, 0) is 9.59 Å². The van der Waals surface area contributed by atoms with Crippen molar-refractivity contribution < 1.29 is 9.59 Å². The van der Waals surface area contributed by atoms with Crippen LogP contribution in [-0.4, -0.2) is 45.4 Å². The first-order valence-electron chi connectivity index (χ1n) is 8.33. The van der Waals surface area contributed by atoms with Gasteiger partial charge in [0.15, 0.2) is 0 Å². The number of imidazole rings is 1. The highest BCUT2D eigenvalue weighted by atomic mass is 16.2. The number of nitrogens with zero attached hydrogens (tertiary/aromatic N) is 2. The molecule has 4 rings (SSSR count). The summed E-state index contributed by atoms with van der Waals surface area (Å²) >= 11 is 0. The van der Waals surface area contributed by atoms with Gasteiger partial charge in [-0.3, -0.25) is 20.3 Å². The zero-order valence-electron chi connectivity index (χ0n) is 12.9. The van der Waals surface area contributed by atoms with E-state index in [4.69, 9.17) is 0 Å². The molecule has 0 spiro atoms. The minimum Gasteiger partial charge on any atom is -0.331 e. The normalized spacial score (nSPS) is 33.7. The Morgan fingerprint density at radius 2 is 2.17 bits per heavy atom. The molecule has 1 aliphatic carbocycles. The lowest BCUT2D eigenvalue weighted by atomic mass is 9.84. The minimum atomic E-state index is -0.322. The van der Waals surface area contributed by atoms with Crippen molar-refractivity contribution in [3.8, 4) is 0 Å². The summed E-state index contributed by atoms with van der Waals surface area (Å²) in [5.74, 6) is 0.447. The number of nitrogens with one attached hydrogen (secondary N) is 4. The topological polar surface area (TPSA) is 102 Å². The summed E-state index contributed by atoms with van der Waals surface area (Å²) in [4.78, 5) is 33.4. The van der Waals surface area contributed by atoms with Crippen LogP contribution >= 0.6 is 0 Å². The summed E-state index contributed by atoms with van der Waals surface area (Å²) < 4.78 is 0. The fourth-order valence-electron chi connectivity index (χ4n) is 4.05. The van der Waals surface area contributed by atoms with Gasteiger partial charge in [-0.25, -0.2) is 10.4 Å². The molecule has 8 heteroatoms. The monoisotopic (exact) mass is 318 g/mol. The van der Waals surface area contributed by atoms with E-state index in [1.807, 2.05) is 4.90 Å². The Kier molecular flexibility index (Phi) is 3.78. The molecule has 2 saturated heterocycles. The molecule has 2 aliphatic heterocycles. The Balaban J connectivity index is 1.41. The molecule has 0 radical (unpaired) electrons. The van der Waals surface area contributed by atoms with Crippen LogP contribution in [0.15, 0.2) is 12.4 Å². The van der Waals surface area contributed by atoms with Crippen molar-refractivity contribution in [2.24, 2.45) is 11.8 Å². The number of hydrogen-bond donors (Lipinski definition) is 4. The van der Waals surface area contributed by atoms with Gasteiger partial charge in [0.2, 0.25) is 17.8 Å². The molecule has 0 bridgehead atoms. The second kappa shape index (κ2) is 5.93. The van der Waals surface area contributed by atoms with Gasteiger partial charge in [0.05, 0.1) is 12.1 Å². The number of rotatable bonds is 3. The smallest absolute Gasteiger partial charge is 0.232 e. The Bertz CT molecular complexity index is 589. The van der Waals surface area contributed by atoms with E-state index < -0.39 is 0 Å². The van der Waals surface area contributed by atoms with Crippen LogP contribution in [0.3, 0.4) is 0 Å². The molecule has 1 aromatic heterocycles. The number of carbonyl (C=O) groups excluding carboxylic acids is 2. The fourth-order valence-corrected chi connectivity index (χ4v) is 4.05. The van der Waals surface area contributed by atoms with Crippen molar-refractivity contribution in [3.63, 3.8) is 0 Å². The average molecular weight is 318 g/mol. The molecule has 23 heavy (non-hydrogen) atoms. The third-order valence-corrected chi connectivity index (χ3v) is 5.25.